The number of carbonyl (C=O) groups is 2. The van der Waals surface area contributed by atoms with Gasteiger partial charge in [-0.25, -0.2) is 13.8 Å². The molecule has 3 saturated carbocycles. The first kappa shape index (κ1) is 20.4. The molecule has 33 heavy (non-hydrogen) atoms. The quantitative estimate of drug-likeness (QED) is 0.619. The van der Waals surface area contributed by atoms with Crippen LogP contribution >= 0.6 is 11.6 Å². The first-order valence-corrected chi connectivity index (χ1v) is 11.0. The van der Waals surface area contributed by atoms with E-state index in [1.165, 1.54) is 6.07 Å². The number of carbonyl (C=O) groups excluding carboxylic acids is 2. The number of nitrogens with zero attached hydrogens (tertiary/aromatic N) is 2. The van der Waals surface area contributed by atoms with Gasteiger partial charge in [0.15, 0.2) is 23.5 Å². The van der Waals surface area contributed by atoms with E-state index in [1.807, 2.05) is 10.8 Å². The zero-order valence-electron chi connectivity index (χ0n) is 17.3. The summed E-state index contributed by atoms with van der Waals surface area (Å²) in [6.07, 6.45) is 4.79. The molecule has 0 spiro atoms. The number of benzene rings is 2. The Bertz CT molecular complexity index is 1320. The van der Waals surface area contributed by atoms with Gasteiger partial charge in [0.2, 0.25) is 0 Å². The Labute approximate surface area is 192 Å². The molecule has 0 saturated heterocycles. The second kappa shape index (κ2) is 6.87. The van der Waals surface area contributed by atoms with Crippen molar-refractivity contribution in [3.63, 3.8) is 0 Å². The van der Waals surface area contributed by atoms with Crippen molar-refractivity contribution in [1.82, 2.24) is 14.9 Å². The molecule has 1 atom stereocenters. The maximum atomic E-state index is 13.6. The van der Waals surface area contributed by atoms with Crippen molar-refractivity contribution >= 4 is 23.3 Å². The highest BCUT2D eigenvalue weighted by Crippen LogP contribution is 2.65. The molecule has 4 aliphatic rings. The number of imidazole rings is 1. The summed E-state index contributed by atoms with van der Waals surface area (Å²) < 4.78 is 34.5. The average Bonchev–Trinajstić information content (AvgIpc) is 3.21. The van der Waals surface area contributed by atoms with Crippen molar-refractivity contribution in [1.29, 1.82) is 0 Å². The normalized spacial score (nSPS) is 27.1. The zero-order chi connectivity index (χ0) is 23.0. The maximum Gasteiger partial charge on any atom is 0.261 e. The minimum absolute atomic E-state index is 0.0283. The number of Topliss-reactive ketones (excluding diaryl/α,β-unsaturated/α-hetero) is 1. The Morgan fingerprint density at radius 2 is 1.94 bits per heavy atom. The topological polar surface area (TPSA) is 73.2 Å². The molecular weight excluding hydrogens is 452 g/mol. The van der Waals surface area contributed by atoms with Gasteiger partial charge in [0, 0.05) is 22.3 Å². The molecule has 3 aromatic rings. The number of aromatic nitrogens is 2. The molecule has 1 aliphatic heterocycles. The van der Waals surface area contributed by atoms with Crippen molar-refractivity contribution < 1.29 is 23.1 Å². The number of ketones is 1. The van der Waals surface area contributed by atoms with Crippen LogP contribution in [0, 0.1) is 11.6 Å². The van der Waals surface area contributed by atoms with Gasteiger partial charge in [0.05, 0.1) is 29.5 Å². The largest absolute Gasteiger partial charge is 0.479 e. The Morgan fingerprint density at radius 1 is 1.15 bits per heavy atom. The third-order valence-electron chi connectivity index (χ3n) is 6.91. The lowest BCUT2D eigenvalue weighted by atomic mass is 9.44. The summed E-state index contributed by atoms with van der Waals surface area (Å²) in [5.41, 5.74) is 0.986. The third-order valence-corrected chi connectivity index (χ3v) is 7.15. The smallest absolute Gasteiger partial charge is 0.261 e. The van der Waals surface area contributed by atoms with E-state index in [9.17, 15) is 18.4 Å². The molecule has 2 bridgehead atoms. The maximum absolute atomic E-state index is 13.6. The predicted octanol–water partition coefficient (Wildman–Crippen LogP) is 4.26. The lowest BCUT2D eigenvalue weighted by Gasteiger charge is -2.70. The molecule has 7 rings (SSSR count). The molecule has 0 radical (unpaired) electrons. The summed E-state index contributed by atoms with van der Waals surface area (Å²) in [4.78, 5) is 29.6. The van der Waals surface area contributed by atoms with Gasteiger partial charge >= 0.3 is 0 Å². The van der Waals surface area contributed by atoms with Crippen LogP contribution in [0.1, 0.15) is 36.0 Å². The highest BCUT2D eigenvalue weighted by atomic mass is 35.5. The molecule has 2 heterocycles. The van der Waals surface area contributed by atoms with Crippen molar-refractivity contribution in [3.05, 3.63) is 71.1 Å². The molecule has 1 amide bonds. The number of ether oxygens (including phenoxy) is 1. The summed E-state index contributed by atoms with van der Waals surface area (Å²) in [5, 5.41) is 3.52. The van der Waals surface area contributed by atoms with Crippen molar-refractivity contribution in [3.8, 4) is 17.0 Å². The van der Waals surface area contributed by atoms with Crippen LogP contribution in [-0.4, -0.2) is 32.9 Å². The number of fused-ring (bicyclic) bond motifs is 1. The van der Waals surface area contributed by atoms with Crippen LogP contribution in [0.4, 0.5) is 8.78 Å². The lowest BCUT2D eigenvalue weighted by Crippen LogP contribution is -2.79. The van der Waals surface area contributed by atoms with Crippen LogP contribution in [-0.2, 0) is 10.3 Å². The fraction of sp³-hybridized carbons (Fsp3) is 0.292. The van der Waals surface area contributed by atoms with Crippen LogP contribution in [0.2, 0.25) is 5.02 Å². The predicted molar refractivity (Wildman–Crippen MR) is 115 cm³/mol. The van der Waals surface area contributed by atoms with E-state index in [0.717, 1.165) is 31.4 Å². The van der Waals surface area contributed by atoms with Crippen molar-refractivity contribution in [2.24, 2.45) is 0 Å². The van der Waals surface area contributed by atoms with E-state index >= 15 is 0 Å². The van der Waals surface area contributed by atoms with Gasteiger partial charge in [-0.3, -0.25) is 9.59 Å². The summed E-state index contributed by atoms with van der Waals surface area (Å²) in [6, 6.07) is 8.49. The molecular formula is C24H18ClF2N3O3. The second-order valence-corrected chi connectivity index (χ2v) is 9.63. The van der Waals surface area contributed by atoms with Crippen LogP contribution in [0.25, 0.3) is 11.3 Å². The molecule has 3 fully saturated rings. The minimum Gasteiger partial charge on any atom is -0.479 e. The van der Waals surface area contributed by atoms with Crippen LogP contribution in [0.5, 0.6) is 5.75 Å². The molecule has 168 valence electrons. The SMILES string of the molecule is O=C1CC(C(=O)NC23CC(n4cnc(-c5ccc(F)c(F)c5)c4)(C2)C3)Oc2ccc(Cl)cc21. The number of hydrogen-bond donors (Lipinski definition) is 1. The van der Waals surface area contributed by atoms with Gasteiger partial charge < -0.3 is 14.6 Å². The van der Waals surface area contributed by atoms with E-state index in [2.05, 4.69) is 10.3 Å². The first-order chi connectivity index (χ1) is 15.8. The van der Waals surface area contributed by atoms with Crippen LogP contribution < -0.4 is 10.1 Å². The van der Waals surface area contributed by atoms with Crippen LogP contribution in [0.3, 0.4) is 0 Å². The molecule has 3 aliphatic carbocycles. The van der Waals surface area contributed by atoms with Crippen molar-refractivity contribution in [2.45, 2.75) is 42.9 Å². The fourth-order valence-electron chi connectivity index (χ4n) is 5.31. The number of amides is 1. The minimum atomic E-state index is -0.914. The van der Waals surface area contributed by atoms with Crippen LogP contribution in [0.15, 0.2) is 48.9 Å². The summed E-state index contributed by atoms with van der Waals surface area (Å²) in [6.45, 7) is 0. The number of rotatable bonds is 4. The molecule has 1 N–H and O–H groups in total. The average molecular weight is 470 g/mol. The van der Waals surface area contributed by atoms with Gasteiger partial charge in [-0.05, 0) is 55.7 Å². The van der Waals surface area contributed by atoms with E-state index in [-0.39, 0.29) is 29.2 Å². The number of hydrogen-bond acceptors (Lipinski definition) is 4. The monoisotopic (exact) mass is 469 g/mol. The third kappa shape index (κ3) is 3.15. The Morgan fingerprint density at radius 3 is 2.70 bits per heavy atom. The molecule has 9 heteroatoms. The highest BCUT2D eigenvalue weighted by molar-refractivity contribution is 6.31. The first-order valence-electron chi connectivity index (χ1n) is 10.6. The molecule has 2 aromatic carbocycles. The van der Waals surface area contributed by atoms with Gasteiger partial charge in [0.1, 0.15) is 5.75 Å². The molecule has 1 unspecified atom stereocenters. The Kier molecular flexibility index (Phi) is 4.24. The molecule has 1 aromatic heterocycles. The van der Waals surface area contributed by atoms with E-state index < -0.39 is 17.7 Å². The molecule has 6 nitrogen and oxygen atoms in total. The zero-order valence-corrected chi connectivity index (χ0v) is 18.0. The van der Waals surface area contributed by atoms with Gasteiger partial charge in [-0.2, -0.15) is 0 Å². The van der Waals surface area contributed by atoms with Gasteiger partial charge in [-0.15, -0.1) is 0 Å². The number of nitrogens with one attached hydrogen (secondary N) is 1. The second-order valence-electron chi connectivity index (χ2n) is 9.19. The highest BCUT2D eigenvalue weighted by Gasteiger charge is 2.70. The van der Waals surface area contributed by atoms with E-state index in [4.69, 9.17) is 16.3 Å². The van der Waals surface area contributed by atoms with E-state index in [0.29, 0.717) is 27.6 Å². The van der Waals surface area contributed by atoms with E-state index in [1.54, 1.807) is 24.5 Å². The number of halogens is 3. The van der Waals surface area contributed by atoms with Gasteiger partial charge in [0.25, 0.3) is 5.91 Å². The van der Waals surface area contributed by atoms with Gasteiger partial charge in [-0.1, -0.05) is 11.6 Å². The summed E-state index contributed by atoms with van der Waals surface area (Å²) >= 11 is 5.95. The lowest BCUT2D eigenvalue weighted by molar-refractivity contribution is -0.160. The fourth-order valence-corrected chi connectivity index (χ4v) is 5.48. The summed E-state index contributed by atoms with van der Waals surface area (Å²) in [7, 11) is 0. The van der Waals surface area contributed by atoms with Crippen molar-refractivity contribution in [2.75, 3.05) is 0 Å². The standard InChI is InChI=1S/C24H18ClF2N3O3/c25-14-2-4-20-15(6-14)19(31)7-21(33-20)22(32)29-23-9-24(10-23,11-23)30-8-18(28-12-30)13-1-3-16(26)17(27)5-13/h1-6,8,12,21H,7,9-11H2,(H,29,32). The summed E-state index contributed by atoms with van der Waals surface area (Å²) in [5.74, 6) is -1.91. The Balaban J connectivity index is 1.11. The Hall–Kier alpha value is -3.26.